The zero-order valence-electron chi connectivity index (χ0n) is 26.2. The van der Waals surface area contributed by atoms with Crippen molar-refractivity contribution in [2.75, 3.05) is 44.6 Å². The molecule has 46 heavy (non-hydrogen) atoms. The first kappa shape index (κ1) is 31.6. The van der Waals surface area contributed by atoms with Gasteiger partial charge < -0.3 is 29.2 Å². The summed E-state index contributed by atoms with van der Waals surface area (Å²) < 4.78 is 11.3. The number of ether oxygens (including phenoxy) is 1. The second kappa shape index (κ2) is 13.9. The zero-order chi connectivity index (χ0) is 32.2. The molecule has 242 valence electrons. The van der Waals surface area contributed by atoms with Gasteiger partial charge in [-0.25, -0.2) is 9.59 Å². The predicted octanol–water partition coefficient (Wildman–Crippen LogP) is 5.90. The summed E-state index contributed by atoms with van der Waals surface area (Å²) >= 11 is 6.48. The second-order valence-corrected chi connectivity index (χ2v) is 12.9. The van der Waals surface area contributed by atoms with Gasteiger partial charge in [-0.1, -0.05) is 49.7 Å². The standard InChI is InChI=1S/C34H39ClN6O5/c1-22(2)21-45-34(44)40-12-7-23(8-13-40)25-17-26(19-27(35)18-25)32-38-37-30(46-32)20-31(42)39-14-10-28(11-15-39)41-16-9-24-5-3-4-6-29(24)36-33(41)43/h3-7,17-19,22,28H,8-16,20-21H2,1-2H3,(H,36,43). The Morgan fingerprint density at radius 1 is 1.02 bits per heavy atom. The molecule has 0 unspecified atom stereocenters. The van der Waals surface area contributed by atoms with Crippen molar-refractivity contribution in [3.05, 3.63) is 70.6 Å². The predicted molar refractivity (Wildman–Crippen MR) is 174 cm³/mol. The van der Waals surface area contributed by atoms with Crippen LogP contribution in [0.1, 0.15) is 50.1 Å². The van der Waals surface area contributed by atoms with E-state index in [1.807, 2.05) is 61.2 Å². The number of fused-ring (bicyclic) bond motifs is 1. The van der Waals surface area contributed by atoms with Gasteiger partial charge in [-0.3, -0.25) is 4.79 Å². The van der Waals surface area contributed by atoms with E-state index in [9.17, 15) is 14.4 Å². The fraction of sp³-hybridized carbons (Fsp3) is 0.441. The Hall–Kier alpha value is -4.38. The molecule has 0 spiro atoms. The molecular weight excluding hydrogens is 608 g/mol. The van der Waals surface area contributed by atoms with Crippen LogP contribution in [0.3, 0.4) is 0 Å². The third-order valence-electron chi connectivity index (χ3n) is 8.69. The minimum absolute atomic E-state index is 0.00149. The number of amides is 4. The Morgan fingerprint density at radius 2 is 1.80 bits per heavy atom. The molecule has 1 saturated heterocycles. The van der Waals surface area contributed by atoms with Gasteiger partial charge in [0.1, 0.15) is 6.42 Å². The van der Waals surface area contributed by atoms with Crippen LogP contribution in [0.5, 0.6) is 0 Å². The van der Waals surface area contributed by atoms with Crippen molar-refractivity contribution in [1.29, 1.82) is 0 Å². The lowest BCUT2D eigenvalue weighted by Crippen LogP contribution is -2.50. The molecule has 2 aromatic carbocycles. The highest BCUT2D eigenvalue weighted by molar-refractivity contribution is 6.31. The van der Waals surface area contributed by atoms with Crippen molar-refractivity contribution in [2.24, 2.45) is 5.92 Å². The van der Waals surface area contributed by atoms with Crippen molar-refractivity contribution < 1.29 is 23.5 Å². The first-order valence-corrected chi connectivity index (χ1v) is 16.3. The zero-order valence-corrected chi connectivity index (χ0v) is 27.0. The molecule has 3 aliphatic heterocycles. The number of hydrogen-bond acceptors (Lipinski definition) is 7. The molecular formula is C34H39ClN6O5. The van der Waals surface area contributed by atoms with E-state index in [2.05, 4.69) is 15.5 Å². The normalized spacial score (nSPS) is 17.3. The summed E-state index contributed by atoms with van der Waals surface area (Å²) in [6.45, 7) is 7.18. The maximum absolute atomic E-state index is 13.2. The highest BCUT2D eigenvalue weighted by atomic mass is 35.5. The number of nitrogens with zero attached hydrogens (tertiary/aromatic N) is 5. The van der Waals surface area contributed by atoms with Crippen LogP contribution in [0.25, 0.3) is 17.0 Å². The van der Waals surface area contributed by atoms with Crippen LogP contribution >= 0.6 is 11.6 Å². The maximum atomic E-state index is 13.2. The van der Waals surface area contributed by atoms with Crippen LogP contribution in [0.2, 0.25) is 5.02 Å². The average Bonchev–Trinajstić information content (AvgIpc) is 3.45. The van der Waals surface area contributed by atoms with Crippen molar-refractivity contribution in [2.45, 2.75) is 52.0 Å². The van der Waals surface area contributed by atoms with Crippen LogP contribution < -0.4 is 5.32 Å². The lowest BCUT2D eigenvalue weighted by atomic mass is 9.98. The van der Waals surface area contributed by atoms with E-state index in [4.69, 9.17) is 20.8 Å². The topological polar surface area (TPSA) is 121 Å². The van der Waals surface area contributed by atoms with Crippen molar-refractivity contribution in [3.63, 3.8) is 0 Å². The first-order valence-electron chi connectivity index (χ1n) is 15.9. The molecule has 3 aromatic rings. The van der Waals surface area contributed by atoms with Gasteiger partial charge in [0.15, 0.2) is 0 Å². The van der Waals surface area contributed by atoms with Crippen LogP contribution in [-0.2, 0) is 22.4 Å². The molecule has 3 aliphatic rings. The van der Waals surface area contributed by atoms with E-state index in [0.29, 0.717) is 69.2 Å². The average molecular weight is 647 g/mol. The molecule has 11 nitrogen and oxygen atoms in total. The SMILES string of the molecule is CC(C)COC(=O)N1CC=C(c2cc(Cl)cc(-c3nnc(CC(=O)N4CCC(N5CCc6ccccc6NC5=O)CC4)o3)c2)CC1. The number of piperidine rings is 1. The van der Waals surface area contributed by atoms with Crippen LogP contribution in [0.4, 0.5) is 15.3 Å². The number of anilines is 1. The maximum Gasteiger partial charge on any atom is 0.410 e. The number of halogens is 1. The van der Waals surface area contributed by atoms with E-state index in [-0.39, 0.29) is 48.2 Å². The summed E-state index contributed by atoms with van der Waals surface area (Å²) in [4.78, 5) is 43.8. The minimum Gasteiger partial charge on any atom is -0.449 e. The van der Waals surface area contributed by atoms with E-state index in [1.165, 1.54) is 0 Å². The molecule has 0 radical (unpaired) electrons. The van der Waals surface area contributed by atoms with E-state index in [1.54, 1.807) is 15.9 Å². The molecule has 4 heterocycles. The second-order valence-electron chi connectivity index (χ2n) is 12.4. The number of carbonyl (C=O) groups is 3. The number of rotatable bonds is 7. The molecule has 6 rings (SSSR count). The highest BCUT2D eigenvalue weighted by Gasteiger charge is 2.32. The number of likely N-dealkylation sites (tertiary alicyclic amines) is 1. The monoisotopic (exact) mass is 646 g/mol. The van der Waals surface area contributed by atoms with Crippen LogP contribution in [-0.4, -0.2) is 88.3 Å². The summed E-state index contributed by atoms with van der Waals surface area (Å²) in [5.41, 5.74) is 4.65. The number of urea groups is 1. The van der Waals surface area contributed by atoms with Crippen molar-refractivity contribution in [1.82, 2.24) is 24.9 Å². The third-order valence-corrected chi connectivity index (χ3v) is 8.91. The smallest absolute Gasteiger partial charge is 0.410 e. The summed E-state index contributed by atoms with van der Waals surface area (Å²) in [5, 5.41) is 11.9. The molecule has 0 bridgehead atoms. The largest absolute Gasteiger partial charge is 0.449 e. The fourth-order valence-electron chi connectivity index (χ4n) is 6.17. The summed E-state index contributed by atoms with van der Waals surface area (Å²) in [5.74, 6) is 0.719. The molecule has 1 aromatic heterocycles. The van der Waals surface area contributed by atoms with Gasteiger partial charge in [-0.2, -0.15) is 0 Å². The van der Waals surface area contributed by atoms with Gasteiger partial charge in [-0.05, 0) is 72.6 Å². The molecule has 12 heteroatoms. The van der Waals surface area contributed by atoms with Gasteiger partial charge >= 0.3 is 12.1 Å². The molecule has 0 saturated carbocycles. The summed E-state index contributed by atoms with van der Waals surface area (Å²) in [6.07, 6.45) is 4.59. The molecule has 0 aliphatic carbocycles. The van der Waals surface area contributed by atoms with Gasteiger partial charge in [0.05, 0.1) is 6.61 Å². The van der Waals surface area contributed by atoms with E-state index in [0.717, 1.165) is 28.8 Å². The number of benzene rings is 2. The Labute approximate surface area is 273 Å². The van der Waals surface area contributed by atoms with E-state index >= 15 is 0 Å². The molecule has 1 fully saturated rings. The van der Waals surface area contributed by atoms with Crippen LogP contribution in [0, 0.1) is 5.92 Å². The van der Waals surface area contributed by atoms with Crippen LogP contribution in [0.15, 0.2) is 53.0 Å². The molecule has 1 N–H and O–H groups in total. The molecule has 0 atom stereocenters. The summed E-state index contributed by atoms with van der Waals surface area (Å²) in [7, 11) is 0. The quantitative estimate of drug-likeness (QED) is 0.339. The Balaban J connectivity index is 1.03. The number of nitrogens with one attached hydrogen (secondary N) is 1. The Bertz CT molecular complexity index is 1630. The number of aromatic nitrogens is 2. The van der Waals surface area contributed by atoms with Gasteiger partial charge in [-0.15, -0.1) is 10.2 Å². The first-order chi connectivity index (χ1) is 22.2. The minimum atomic E-state index is -0.302. The lowest BCUT2D eigenvalue weighted by Gasteiger charge is -2.37. The number of carbonyl (C=O) groups excluding carboxylic acids is 3. The van der Waals surface area contributed by atoms with Gasteiger partial charge in [0.25, 0.3) is 0 Å². The third kappa shape index (κ3) is 7.36. The summed E-state index contributed by atoms with van der Waals surface area (Å²) in [6, 6.07) is 13.5. The van der Waals surface area contributed by atoms with Gasteiger partial charge in [0.2, 0.25) is 17.7 Å². The molecule has 4 amide bonds. The van der Waals surface area contributed by atoms with Gasteiger partial charge in [0, 0.05) is 55.0 Å². The van der Waals surface area contributed by atoms with E-state index < -0.39 is 0 Å². The van der Waals surface area contributed by atoms with Crippen molar-refractivity contribution >= 4 is 40.9 Å². The number of hydrogen-bond donors (Lipinski definition) is 1. The number of para-hydroxylation sites is 1. The Kier molecular flexibility index (Phi) is 9.58. The fourth-order valence-corrected chi connectivity index (χ4v) is 6.41. The van der Waals surface area contributed by atoms with Crippen molar-refractivity contribution in [3.8, 4) is 11.5 Å². The highest BCUT2D eigenvalue weighted by Crippen LogP contribution is 2.31. The lowest BCUT2D eigenvalue weighted by molar-refractivity contribution is -0.132. The Morgan fingerprint density at radius 3 is 2.57 bits per heavy atom.